The molecule has 1 aliphatic rings. The van der Waals surface area contributed by atoms with Crippen molar-refractivity contribution in [1.82, 2.24) is 19.7 Å². The monoisotopic (exact) mass is 411 g/mol. The maximum Gasteiger partial charge on any atom is 0.137 e. The van der Waals surface area contributed by atoms with Crippen molar-refractivity contribution in [3.05, 3.63) is 54.5 Å². The second kappa shape index (κ2) is 7.36. The van der Waals surface area contributed by atoms with Crippen molar-refractivity contribution in [1.29, 1.82) is 5.26 Å². The highest BCUT2D eigenvalue weighted by molar-refractivity contribution is 5.98. The zero-order chi connectivity index (χ0) is 21.6. The maximum absolute atomic E-state index is 10.1. The van der Waals surface area contributed by atoms with Gasteiger partial charge in [0.15, 0.2) is 0 Å². The minimum Gasteiger partial charge on any atom is -0.389 e. The number of hydrogen-bond acceptors (Lipinski definition) is 4. The maximum atomic E-state index is 10.1. The predicted molar refractivity (Wildman–Crippen MR) is 122 cm³/mol. The van der Waals surface area contributed by atoms with Gasteiger partial charge in [-0.15, -0.1) is 0 Å². The SMILES string of the molecule is CC(C)(O)Cn1cc2cc(-c3cnc4[nH]ccc4c3C3=CCC(C#N)CC3)ccc2n1. The number of fused-ring (bicyclic) bond motifs is 2. The van der Waals surface area contributed by atoms with Gasteiger partial charge in [-0.3, -0.25) is 4.68 Å². The number of H-pyrrole nitrogens is 1. The summed E-state index contributed by atoms with van der Waals surface area (Å²) >= 11 is 0. The van der Waals surface area contributed by atoms with Crippen LogP contribution < -0.4 is 0 Å². The van der Waals surface area contributed by atoms with E-state index in [0.29, 0.717) is 6.54 Å². The van der Waals surface area contributed by atoms with Crippen LogP contribution in [0.3, 0.4) is 0 Å². The number of pyridine rings is 1. The van der Waals surface area contributed by atoms with E-state index in [4.69, 9.17) is 0 Å². The van der Waals surface area contributed by atoms with Crippen LogP contribution in [0.15, 0.2) is 48.9 Å². The molecule has 3 heterocycles. The normalized spacial score (nSPS) is 17.1. The van der Waals surface area contributed by atoms with Gasteiger partial charge in [0.1, 0.15) is 5.65 Å². The fourth-order valence-corrected chi connectivity index (χ4v) is 4.47. The Balaban J connectivity index is 1.62. The summed E-state index contributed by atoms with van der Waals surface area (Å²) in [5, 5.41) is 26.1. The minimum atomic E-state index is -0.823. The summed E-state index contributed by atoms with van der Waals surface area (Å²) in [7, 11) is 0. The van der Waals surface area contributed by atoms with Crippen molar-refractivity contribution in [3.8, 4) is 17.2 Å². The molecule has 0 spiro atoms. The van der Waals surface area contributed by atoms with Crippen LogP contribution in [0.25, 0.3) is 38.6 Å². The van der Waals surface area contributed by atoms with Gasteiger partial charge >= 0.3 is 0 Å². The van der Waals surface area contributed by atoms with Crippen LogP contribution in [0, 0.1) is 17.2 Å². The smallest absolute Gasteiger partial charge is 0.137 e. The molecule has 6 nitrogen and oxygen atoms in total. The molecular formula is C25H25N5O. The molecule has 0 saturated carbocycles. The first kappa shape index (κ1) is 19.5. The zero-order valence-corrected chi connectivity index (χ0v) is 17.8. The van der Waals surface area contributed by atoms with E-state index in [-0.39, 0.29) is 5.92 Å². The van der Waals surface area contributed by atoms with Crippen molar-refractivity contribution in [2.75, 3.05) is 0 Å². The first-order chi connectivity index (χ1) is 14.9. The second-order valence-electron chi connectivity index (χ2n) is 9.03. The van der Waals surface area contributed by atoms with Crippen LogP contribution >= 0.6 is 0 Å². The molecule has 0 fully saturated rings. The van der Waals surface area contributed by atoms with E-state index in [0.717, 1.165) is 52.3 Å². The standard InChI is InChI=1S/C25H25N5O/c1-25(2,31)15-30-14-19-11-18(7-8-22(19)29-30)21-13-28-24-20(9-10-27-24)23(21)17-5-3-16(12-26)4-6-17/h5,7-11,13-14,16,31H,3-4,6,15H2,1-2H3,(H,27,28). The number of aromatic nitrogens is 4. The molecule has 2 N–H and O–H groups in total. The fourth-order valence-electron chi connectivity index (χ4n) is 4.47. The second-order valence-corrected chi connectivity index (χ2v) is 9.03. The van der Waals surface area contributed by atoms with Gasteiger partial charge in [-0.2, -0.15) is 10.4 Å². The van der Waals surface area contributed by atoms with Gasteiger partial charge in [-0.25, -0.2) is 4.98 Å². The molecule has 0 saturated heterocycles. The number of nitriles is 1. The van der Waals surface area contributed by atoms with Crippen LogP contribution in [0.2, 0.25) is 0 Å². The van der Waals surface area contributed by atoms with Gasteiger partial charge in [-0.1, -0.05) is 12.1 Å². The van der Waals surface area contributed by atoms with Crippen molar-refractivity contribution < 1.29 is 5.11 Å². The number of aliphatic hydroxyl groups is 1. The average Bonchev–Trinajstić information content (AvgIpc) is 3.37. The van der Waals surface area contributed by atoms with Crippen LogP contribution in [-0.4, -0.2) is 30.5 Å². The largest absolute Gasteiger partial charge is 0.389 e. The Bertz CT molecular complexity index is 1350. The molecule has 4 aromatic rings. The third kappa shape index (κ3) is 3.73. The quantitative estimate of drug-likeness (QED) is 0.491. The van der Waals surface area contributed by atoms with Gasteiger partial charge in [-0.05, 0) is 68.0 Å². The highest BCUT2D eigenvalue weighted by Gasteiger charge is 2.21. The molecule has 1 aromatic carbocycles. The summed E-state index contributed by atoms with van der Waals surface area (Å²) in [5.74, 6) is 0.105. The number of benzene rings is 1. The molecule has 6 heteroatoms. The number of rotatable bonds is 4. The molecule has 31 heavy (non-hydrogen) atoms. The molecule has 1 unspecified atom stereocenters. The Morgan fingerprint density at radius 1 is 1.32 bits per heavy atom. The van der Waals surface area contributed by atoms with Crippen LogP contribution in [0.5, 0.6) is 0 Å². The summed E-state index contributed by atoms with van der Waals surface area (Å²) in [6.45, 7) is 4.00. The van der Waals surface area contributed by atoms with Gasteiger partial charge in [0, 0.05) is 34.9 Å². The van der Waals surface area contributed by atoms with Crippen molar-refractivity contribution >= 4 is 27.5 Å². The van der Waals surface area contributed by atoms with E-state index >= 15 is 0 Å². The first-order valence-electron chi connectivity index (χ1n) is 10.7. The zero-order valence-electron chi connectivity index (χ0n) is 17.8. The Morgan fingerprint density at radius 2 is 2.19 bits per heavy atom. The van der Waals surface area contributed by atoms with E-state index in [1.54, 1.807) is 18.5 Å². The summed E-state index contributed by atoms with van der Waals surface area (Å²) in [6.07, 6.45) is 10.6. The van der Waals surface area contributed by atoms with Gasteiger partial charge in [0.05, 0.1) is 29.6 Å². The van der Waals surface area contributed by atoms with E-state index in [1.165, 1.54) is 11.1 Å². The van der Waals surface area contributed by atoms with Crippen molar-refractivity contribution in [2.45, 2.75) is 45.3 Å². The molecule has 1 atom stereocenters. The molecule has 5 rings (SSSR count). The Kier molecular flexibility index (Phi) is 4.64. The molecular weight excluding hydrogens is 386 g/mol. The van der Waals surface area contributed by atoms with Gasteiger partial charge in [0.25, 0.3) is 0 Å². The lowest BCUT2D eigenvalue weighted by atomic mass is 9.84. The fraction of sp³-hybridized carbons (Fsp3) is 0.320. The van der Waals surface area contributed by atoms with Crippen molar-refractivity contribution in [2.24, 2.45) is 5.92 Å². The lowest BCUT2D eigenvalue weighted by Crippen LogP contribution is -2.26. The summed E-state index contributed by atoms with van der Waals surface area (Å²) < 4.78 is 1.80. The van der Waals surface area contributed by atoms with E-state index in [9.17, 15) is 10.4 Å². The number of allylic oxidation sites excluding steroid dienone is 2. The van der Waals surface area contributed by atoms with E-state index in [2.05, 4.69) is 45.4 Å². The molecule has 0 radical (unpaired) electrons. The molecule has 0 aliphatic heterocycles. The minimum absolute atomic E-state index is 0.105. The number of aromatic amines is 1. The molecule has 0 bridgehead atoms. The third-order valence-electron chi connectivity index (χ3n) is 5.91. The average molecular weight is 412 g/mol. The van der Waals surface area contributed by atoms with Crippen LogP contribution in [-0.2, 0) is 6.54 Å². The van der Waals surface area contributed by atoms with E-state index in [1.807, 2.05) is 24.7 Å². The summed E-state index contributed by atoms with van der Waals surface area (Å²) in [6, 6.07) is 10.7. The Hall–Kier alpha value is -3.43. The summed E-state index contributed by atoms with van der Waals surface area (Å²) in [4.78, 5) is 7.87. The number of hydrogen-bond donors (Lipinski definition) is 2. The Labute approximate surface area is 180 Å². The summed E-state index contributed by atoms with van der Waals surface area (Å²) in [5.41, 5.74) is 5.61. The van der Waals surface area contributed by atoms with Crippen molar-refractivity contribution in [3.63, 3.8) is 0 Å². The number of nitrogens with zero attached hydrogens (tertiary/aromatic N) is 4. The first-order valence-corrected chi connectivity index (χ1v) is 10.7. The molecule has 156 valence electrons. The third-order valence-corrected chi connectivity index (χ3v) is 5.91. The molecule has 3 aromatic heterocycles. The number of nitrogens with one attached hydrogen (secondary N) is 1. The predicted octanol–water partition coefficient (Wildman–Crippen LogP) is 5.06. The van der Waals surface area contributed by atoms with Gasteiger partial charge in [0.2, 0.25) is 0 Å². The molecule has 1 aliphatic carbocycles. The molecule has 0 amide bonds. The van der Waals surface area contributed by atoms with E-state index < -0.39 is 5.60 Å². The lowest BCUT2D eigenvalue weighted by molar-refractivity contribution is 0.0580. The topological polar surface area (TPSA) is 90.5 Å². The van der Waals surface area contributed by atoms with Crippen LogP contribution in [0.1, 0.15) is 38.7 Å². The highest BCUT2D eigenvalue weighted by atomic mass is 16.3. The highest BCUT2D eigenvalue weighted by Crippen LogP contribution is 2.39. The Morgan fingerprint density at radius 3 is 2.94 bits per heavy atom. The lowest BCUT2D eigenvalue weighted by Gasteiger charge is -2.20. The van der Waals surface area contributed by atoms with Crippen LogP contribution in [0.4, 0.5) is 0 Å². The van der Waals surface area contributed by atoms with Gasteiger partial charge < -0.3 is 10.1 Å².